The molecule has 0 aromatic carbocycles. The Morgan fingerprint density at radius 2 is 2.25 bits per heavy atom. The zero-order valence-electron chi connectivity index (χ0n) is 12.5. The molecule has 2 rings (SSSR count). The van der Waals surface area contributed by atoms with Gasteiger partial charge in [-0.15, -0.1) is 11.3 Å². The van der Waals surface area contributed by atoms with Crippen molar-refractivity contribution in [1.29, 1.82) is 0 Å². The van der Waals surface area contributed by atoms with E-state index in [2.05, 4.69) is 36.5 Å². The fourth-order valence-electron chi connectivity index (χ4n) is 2.71. The van der Waals surface area contributed by atoms with Crippen molar-refractivity contribution in [3.8, 4) is 0 Å². The second-order valence-corrected chi connectivity index (χ2v) is 7.59. The highest BCUT2D eigenvalue weighted by atomic mass is 32.1. The molecule has 1 aromatic rings. The SMILES string of the molecule is CC(C)(C)c1csc(CNCC2CCCC2C(=O)O)n1. The van der Waals surface area contributed by atoms with E-state index < -0.39 is 5.97 Å². The van der Waals surface area contributed by atoms with Gasteiger partial charge in [-0.3, -0.25) is 4.79 Å². The third-order valence-corrected chi connectivity index (χ3v) is 4.83. The van der Waals surface area contributed by atoms with Crippen molar-refractivity contribution < 1.29 is 9.90 Å². The number of aromatic nitrogens is 1. The van der Waals surface area contributed by atoms with E-state index in [9.17, 15) is 4.79 Å². The Morgan fingerprint density at radius 3 is 2.85 bits per heavy atom. The number of aliphatic carboxylic acids is 1. The number of nitrogens with zero attached hydrogens (tertiary/aromatic N) is 1. The molecule has 1 fully saturated rings. The number of hydrogen-bond donors (Lipinski definition) is 2. The van der Waals surface area contributed by atoms with Gasteiger partial charge in [-0.25, -0.2) is 4.98 Å². The molecule has 0 bridgehead atoms. The molecular weight excluding hydrogens is 272 g/mol. The molecule has 112 valence electrons. The lowest BCUT2D eigenvalue weighted by molar-refractivity contribution is -0.142. The highest BCUT2D eigenvalue weighted by molar-refractivity contribution is 7.09. The summed E-state index contributed by atoms with van der Waals surface area (Å²) in [6, 6.07) is 0. The number of rotatable bonds is 5. The maximum Gasteiger partial charge on any atom is 0.306 e. The van der Waals surface area contributed by atoms with Crippen LogP contribution in [0, 0.1) is 11.8 Å². The van der Waals surface area contributed by atoms with E-state index in [4.69, 9.17) is 5.11 Å². The Labute approximate surface area is 124 Å². The lowest BCUT2D eigenvalue weighted by Gasteiger charge is -2.16. The van der Waals surface area contributed by atoms with Gasteiger partial charge < -0.3 is 10.4 Å². The quantitative estimate of drug-likeness (QED) is 0.876. The Morgan fingerprint density at radius 1 is 1.50 bits per heavy atom. The second kappa shape index (κ2) is 6.22. The van der Waals surface area contributed by atoms with Crippen LogP contribution in [0.15, 0.2) is 5.38 Å². The first-order valence-corrected chi connectivity index (χ1v) is 8.14. The Balaban J connectivity index is 1.81. The summed E-state index contributed by atoms with van der Waals surface area (Å²) < 4.78 is 0. The van der Waals surface area contributed by atoms with Crippen LogP contribution in [0.4, 0.5) is 0 Å². The van der Waals surface area contributed by atoms with Crippen LogP contribution in [0.2, 0.25) is 0 Å². The van der Waals surface area contributed by atoms with Gasteiger partial charge in [-0.05, 0) is 25.3 Å². The van der Waals surface area contributed by atoms with Gasteiger partial charge in [0.05, 0.1) is 11.6 Å². The molecule has 4 nitrogen and oxygen atoms in total. The van der Waals surface area contributed by atoms with Crippen LogP contribution >= 0.6 is 11.3 Å². The van der Waals surface area contributed by atoms with Gasteiger partial charge in [0.1, 0.15) is 5.01 Å². The average Bonchev–Trinajstić information content (AvgIpc) is 2.96. The molecule has 2 N–H and O–H groups in total. The van der Waals surface area contributed by atoms with Crippen molar-refractivity contribution in [3.05, 3.63) is 16.1 Å². The molecule has 1 saturated carbocycles. The van der Waals surface area contributed by atoms with E-state index in [-0.39, 0.29) is 17.3 Å². The standard InChI is InChI=1S/C15H24N2O2S/c1-15(2,3)12-9-20-13(17-12)8-16-7-10-5-4-6-11(10)14(18)19/h9-11,16H,4-8H2,1-3H3,(H,18,19). The summed E-state index contributed by atoms with van der Waals surface area (Å²) in [7, 11) is 0. The van der Waals surface area contributed by atoms with Gasteiger partial charge in [0, 0.05) is 17.3 Å². The largest absolute Gasteiger partial charge is 0.481 e. The van der Waals surface area contributed by atoms with E-state index in [0.29, 0.717) is 0 Å². The summed E-state index contributed by atoms with van der Waals surface area (Å²) in [6.07, 6.45) is 2.89. The maximum atomic E-state index is 11.1. The number of nitrogens with one attached hydrogen (secondary N) is 1. The third kappa shape index (κ3) is 3.79. The number of carboxylic acid groups (broad SMARTS) is 1. The van der Waals surface area contributed by atoms with Crippen LogP contribution in [-0.2, 0) is 16.8 Å². The van der Waals surface area contributed by atoms with Crippen LogP contribution in [0.5, 0.6) is 0 Å². The van der Waals surface area contributed by atoms with Crippen LogP contribution < -0.4 is 5.32 Å². The Kier molecular flexibility index (Phi) is 4.81. The molecule has 1 aliphatic carbocycles. The molecule has 1 aliphatic rings. The lowest BCUT2D eigenvalue weighted by atomic mass is 9.93. The summed E-state index contributed by atoms with van der Waals surface area (Å²) in [5, 5.41) is 15.7. The smallest absolute Gasteiger partial charge is 0.306 e. The van der Waals surface area contributed by atoms with Crippen LogP contribution in [0.1, 0.15) is 50.7 Å². The lowest BCUT2D eigenvalue weighted by Crippen LogP contribution is -2.28. The Hall–Kier alpha value is -0.940. The van der Waals surface area contributed by atoms with E-state index in [0.717, 1.165) is 43.1 Å². The van der Waals surface area contributed by atoms with Gasteiger partial charge in [0.15, 0.2) is 0 Å². The predicted molar refractivity (Wildman–Crippen MR) is 81.0 cm³/mol. The zero-order chi connectivity index (χ0) is 14.8. The summed E-state index contributed by atoms with van der Waals surface area (Å²) in [5.74, 6) is -0.531. The summed E-state index contributed by atoms with van der Waals surface area (Å²) >= 11 is 1.68. The fourth-order valence-corrected chi connectivity index (χ4v) is 3.70. The van der Waals surface area contributed by atoms with Gasteiger partial charge in [-0.1, -0.05) is 27.2 Å². The summed E-state index contributed by atoms with van der Waals surface area (Å²) in [6.45, 7) is 8.00. The minimum atomic E-state index is -0.640. The normalized spacial score (nSPS) is 23.1. The number of carbonyl (C=O) groups is 1. The van der Waals surface area contributed by atoms with Crippen molar-refractivity contribution in [2.24, 2.45) is 11.8 Å². The molecular formula is C15H24N2O2S. The summed E-state index contributed by atoms with van der Waals surface area (Å²) in [5.41, 5.74) is 1.22. The molecule has 0 spiro atoms. The predicted octanol–water partition coefficient (Wildman–Crippen LogP) is 3.03. The van der Waals surface area contributed by atoms with Crippen LogP contribution in [0.25, 0.3) is 0 Å². The number of thiazole rings is 1. The van der Waals surface area contributed by atoms with E-state index in [1.54, 1.807) is 11.3 Å². The molecule has 2 atom stereocenters. The van der Waals surface area contributed by atoms with Crippen LogP contribution in [0.3, 0.4) is 0 Å². The monoisotopic (exact) mass is 296 g/mol. The van der Waals surface area contributed by atoms with Crippen molar-refractivity contribution in [2.45, 2.75) is 52.0 Å². The number of carboxylic acids is 1. The molecule has 0 aliphatic heterocycles. The summed E-state index contributed by atoms with van der Waals surface area (Å²) in [4.78, 5) is 15.8. The molecule has 2 unspecified atom stereocenters. The minimum absolute atomic E-state index is 0.0919. The van der Waals surface area contributed by atoms with Crippen molar-refractivity contribution >= 4 is 17.3 Å². The van der Waals surface area contributed by atoms with Crippen molar-refractivity contribution in [1.82, 2.24) is 10.3 Å². The van der Waals surface area contributed by atoms with Crippen molar-refractivity contribution in [3.63, 3.8) is 0 Å². The molecule has 1 aromatic heterocycles. The average molecular weight is 296 g/mol. The minimum Gasteiger partial charge on any atom is -0.481 e. The maximum absolute atomic E-state index is 11.1. The van der Waals surface area contributed by atoms with Gasteiger partial charge >= 0.3 is 5.97 Å². The third-order valence-electron chi connectivity index (χ3n) is 3.98. The first kappa shape index (κ1) is 15.4. The molecule has 0 amide bonds. The second-order valence-electron chi connectivity index (χ2n) is 6.64. The molecule has 1 heterocycles. The van der Waals surface area contributed by atoms with Crippen molar-refractivity contribution in [2.75, 3.05) is 6.54 Å². The molecule has 0 saturated heterocycles. The topological polar surface area (TPSA) is 62.2 Å². The van der Waals surface area contributed by atoms with Gasteiger partial charge in [0.2, 0.25) is 0 Å². The molecule has 20 heavy (non-hydrogen) atoms. The highest BCUT2D eigenvalue weighted by Gasteiger charge is 2.32. The number of hydrogen-bond acceptors (Lipinski definition) is 4. The molecule has 5 heteroatoms. The zero-order valence-corrected chi connectivity index (χ0v) is 13.3. The van der Waals surface area contributed by atoms with E-state index in [1.165, 1.54) is 0 Å². The fraction of sp³-hybridized carbons (Fsp3) is 0.733. The first-order valence-electron chi connectivity index (χ1n) is 7.26. The van der Waals surface area contributed by atoms with Gasteiger partial charge in [-0.2, -0.15) is 0 Å². The van der Waals surface area contributed by atoms with Crippen LogP contribution in [-0.4, -0.2) is 22.6 Å². The van der Waals surface area contributed by atoms with Gasteiger partial charge in [0.25, 0.3) is 0 Å². The molecule has 0 radical (unpaired) electrons. The van der Waals surface area contributed by atoms with E-state index >= 15 is 0 Å². The van der Waals surface area contributed by atoms with E-state index in [1.807, 2.05) is 0 Å². The highest BCUT2D eigenvalue weighted by Crippen LogP contribution is 2.31. The Bertz CT molecular complexity index is 465. The first-order chi connectivity index (χ1) is 9.38.